The second kappa shape index (κ2) is 12.6. The number of benzene rings is 2. The van der Waals surface area contributed by atoms with Crippen molar-refractivity contribution < 1.29 is 23.7 Å². The number of hydrogen-bond acceptors (Lipinski definition) is 5. The topological polar surface area (TPSA) is 66.0 Å². The lowest BCUT2D eigenvalue weighted by atomic mass is 10.1. The molecule has 0 heterocycles. The highest BCUT2D eigenvalue weighted by Gasteiger charge is 2.18. The van der Waals surface area contributed by atoms with Crippen LogP contribution in [-0.4, -0.2) is 46.0 Å². The molecule has 0 bridgehead atoms. The fourth-order valence-corrected chi connectivity index (χ4v) is 2.50. The molecule has 0 aliphatic rings. The van der Waals surface area contributed by atoms with Crippen LogP contribution < -0.4 is 14.8 Å². The predicted octanol–water partition coefficient (Wildman–Crippen LogP) is 3.08. The van der Waals surface area contributed by atoms with E-state index in [1.54, 1.807) is 24.3 Å². The van der Waals surface area contributed by atoms with Gasteiger partial charge in [-0.1, -0.05) is 23.7 Å². The third kappa shape index (κ3) is 8.34. The van der Waals surface area contributed by atoms with Crippen LogP contribution in [0.1, 0.15) is 5.56 Å². The monoisotopic (exact) mass is 417 g/mol. The second-order valence-electron chi connectivity index (χ2n) is 5.95. The molecule has 0 aliphatic heterocycles. The summed E-state index contributed by atoms with van der Waals surface area (Å²) < 4.78 is 20.9. The lowest BCUT2D eigenvalue weighted by Gasteiger charge is -2.16. The average Bonchev–Trinajstić information content (AvgIpc) is 2.74. The minimum absolute atomic E-state index is 0.113. The Labute approximate surface area is 176 Å². The van der Waals surface area contributed by atoms with E-state index in [0.29, 0.717) is 23.7 Å². The van der Waals surface area contributed by atoms with E-state index in [2.05, 4.69) is 22.1 Å². The van der Waals surface area contributed by atoms with Crippen molar-refractivity contribution in [1.29, 1.82) is 0 Å². The first-order valence-corrected chi connectivity index (χ1v) is 9.41. The van der Waals surface area contributed by atoms with Crippen LogP contribution in [-0.2, 0) is 20.7 Å². The maximum absolute atomic E-state index is 12.3. The van der Waals surface area contributed by atoms with Gasteiger partial charge in [0.2, 0.25) is 0 Å². The number of rotatable bonds is 10. The number of carbonyl (C=O) groups is 1. The molecule has 0 fully saturated rings. The maximum Gasteiger partial charge on any atom is 0.252 e. The second-order valence-corrected chi connectivity index (χ2v) is 6.38. The van der Waals surface area contributed by atoms with Crippen molar-refractivity contribution in [2.45, 2.75) is 12.5 Å². The normalized spacial score (nSPS) is 11.0. The van der Waals surface area contributed by atoms with Crippen LogP contribution in [0, 0.1) is 12.0 Å². The molecule has 2 aromatic carbocycles. The minimum Gasteiger partial charge on any atom is -0.490 e. The average molecular weight is 418 g/mol. The van der Waals surface area contributed by atoms with Crippen molar-refractivity contribution in [2.24, 2.45) is 0 Å². The molecule has 6 nitrogen and oxygen atoms in total. The van der Waals surface area contributed by atoms with Crippen LogP contribution in [0.3, 0.4) is 0 Å². The zero-order valence-electron chi connectivity index (χ0n) is 16.4. The standard InChI is InChI=1S/C22H24ClNO5/c1-26-14-3-15-28-19-8-4-17(5-9-19)12-13-24-22(25)21(27-2)16-29-20-10-6-18(23)7-11-20/h4-11,21H,12-13,15-16H2,1-2H3,(H,24,25). The summed E-state index contributed by atoms with van der Waals surface area (Å²) >= 11 is 5.84. The van der Waals surface area contributed by atoms with E-state index >= 15 is 0 Å². The predicted molar refractivity (Wildman–Crippen MR) is 111 cm³/mol. The van der Waals surface area contributed by atoms with Crippen LogP contribution in [0.5, 0.6) is 11.5 Å². The summed E-state index contributed by atoms with van der Waals surface area (Å²) in [5.41, 5.74) is 1.08. The number of amides is 1. The van der Waals surface area contributed by atoms with Crippen molar-refractivity contribution in [3.8, 4) is 23.5 Å². The van der Waals surface area contributed by atoms with Gasteiger partial charge in [-0.05, 0) is 54.3 Å². The molecular weight excluding hydrogens is 394 g/mol. The summed E-state index contributed by atoms with van der Waals surface area (Å²) in [4.78, 5) is 12.3. The molecule has 154 valence electrons. The molecule has 0 aliphatic carbocycles. The first-order valence-electron chi connectivity index (χ1n) is 9.04. The van der Waals surface area contributed by atoms with Gasteiger partial charge < -0.3 is 24.3 Å². The van der Waals surface area contributed by atoms with Gasteiger partial charge in [0.05, 0.1) is 7.11 Å². The van der Waals surface area contributed by atoms with Gasteiger partial charge in [-0.25, -0.2) is 0 Å². The summed E-state index contributed by atoms with van der Waals surface area (Å²) in [5, 5.41) is 3.48. The van der Waals surface area contributed by atoms with Crippen LogP contribution >= 0.6 is 11.6 Å². The molecule has 0 saturated carbocycles. The minimum atomic E-state index is -0.699. The molecule has 0 aromatic heterocycles. The smallest absolute Gasteiger partial charge is 0.252 e. The molecule has 1 amide bonds. The quantitative estimate of drug-likeness (QED) is 0.602. The van der Waals surface area contributed by atoms with Gasteiger partial charge in [-0.15, -0.1) is 0 Å². The van der Waals surface area contributed by atoms with Crippen LogP contribution in [0.2, 0.25) is 5.02 Å². The fourth-order valence-electron chi connectivity index (χ4n) is 2.37. The van der Waals surface area contributed by atoms with Crippen LogP contribution in [0.15, 0.2) is 48.5 Å². The molecule has 29 heavy (non-hydrogen) atoms. The molecule has 2 aromatic rings. The first-order chi connectivity index (χ1) is 14.1. The van der Waals surface area contributed by atoms with E-state index in [0.717, 1.165) is 11.3 Å². The van der Waals surface area contributed by atoms with E-state index in [9.17, 15) is 4.79 Å². The Morgan fingerprint density at radius 2 is 1.69 bits per heavy atom. The molecule has 0 radical (unpaired) electrons. The Morgan fingerprint density at radius 3 is 2.34 bits per heavy atom. The van der Waals surface area contributed by atoms with Gasteiger partial charge in [-0.2, -0.15) is 0 Å². The summed E-state index contributed by atoms with van der Waals surface area (Å²) in [6, 6.07) is 14.6. The van der Waals surface area contributed by atoms with Gasteiger partial charge in [0.1, 0.15) is 24.2 Å². The van der Waals surface area contributed by atoms with Gasteiger partial charge >= 0.3 is 0 Å². The van der Waals surface area contributed by atoms with Crippen molar-refractivity contribution in [2.75, 3.05) is 34.0 Å². The Morgan fingerprint density at radius 1 is 1.03 bits per heavy atom. The molecule has 0 spiro atoms. The van der Waals surface area contributed by atoms with E-state index in [1.807, 2.05) is 24.3 Å². The van der Waals surface area contributed by atoms with E-state index in [-0.39, 0.29) is 19.1 Å². The van der Waals surface area contributed by atoms with E-state index in [1.165, 1.54) is 14.2 Å². The number of methoxy groups -OCH3 is 2. The molecule has 1 atom stereocenters. The maximum atomic E-state index is 12.3. The zero-order chi connectivity index (χ0) is 20.9. The lowest BCUT2D eigenvalue weighted by Crippen LogP contribution is -2.40. The lowest BCUT2D eigenvalue weighted by molar-refractivity contribution is -0.132. The SMILES string of the molecule is COC#CCOc1ccc(CCNC(=O)C(COc2ccc(Cl)cc2)OC)cc1. The Bertz CT molecular complexity index is 812. The summed E-state index contributed by atoms with van der Waals surface area (Å²) in [5.74, 6) is 3.84. The third-order valence-corrected chi connectivity index (χ3v) is 4.17. The van der Waals surface area contributed by atoms with Crippen LogP contribution in [0.4, 0.5) is 0 Å². The third-order valence-electron chi connectivity index (χ3n) is 3.91. The van der Waals surface area contributed by atoms with Gasteiger partial charge in [0.15, 0.2) is 12.7 Å². The summed E-state index contributed by atoms with van der Waals surface area (Å²) in [6.45, 7) is 0.862. The fraction of sp³-hybridized carbons (Fsp3) is 0.318. The highest BCUT2D eigenvalue weighted by atomic mass is 35.5. The van der Waals surface area contributed by atoms with Gasteiger partial charge in [0.25, 0.3) is 5.91 Å². The van der Waals surface area contributed by atoms with Crippen molar-refractivity contribution >= 4 is 17.5 Å². The molecule has 0 saturated heterocycles. The highest BCUT2D eigenvalue weighted by molar-refractivity contribution is 6.30. The highest BCUT2D eigenvalue weighted by Crippen LogP contribution is 2.16. The van der Waals surface area contributed by atoms with Crippen LogP contribution in [0.25, 0.3) is 0 Å². The number of halogens is 1. The Hall–Kier alpha value is -2.88. The zero-order valence-corrected chi connectivity index (χ0v) is 17.2. The van der Waals surface area contributed by atoms with E-state index in [4.69, 9.17) is 25.8 Å². The van der Waals surface area contributed by atoms with Gasteiger partial charge in [-0.3, -0.25) is 4.79 Å². The number of hydrogen-bond donors (Lipinski definition) is 1. The van der Waals surface area contributed by atoms with Crippen molar-refractivity contribution in [3.05, 3.63) is 59.1 Å². The van der Waals surface area contributed by atoms with Crippen molar-refractivity contribution in [1.82, 2.24) is 5.32 Å². The Kier molecular flexibility index (Phi) is 9.70. The molecule has 2 rings (SSSR count). The van der Waals surface area contributed by atoms with Gasteiger partial charge in [0, 0.05) is 18.7 Å². The van der Waals surface area contributed by atoms with Crippen molar-refractivity contribution in [3.63, 3.8) is 0 Å². The molecule has 7 heteroatoms. The Balaban J connectivity index is 1.72. The molecule has 1 N–H and O–H groups in total. The number of nitrogens with one attached hydrogen (secondary N) is 1. The summed E-state index contributed by atoms with van der Waals surface area (Å²) in [7, 11) is 2.98. The first kappa shape index (κ1) is 22.4. The molecular formula is C22H24ClNO5. The molecule has 1 unspecified atom stereocenters. The number of carbonyl (C=O) groups excluding carboxylic acids is 1. The number of ether oxygens (including phenoxy) is 4. The summed E-state index contributed by atoms with van der Waals surface area (Å²) in [6.07, 6.45) is 2.45. The largest absolute Gasteiger partial charge is 0.490 e. The van der Waals surface area contributed by atoms with E-state index < -0.39 is 6.10 Å².